The molecule has 2 aromatic carbocycles. The molecule has 1 amide bonds. The fraction of sp³-hybridized carbons (Fsp3) is 0.333. The van der Waals surface area contributed by atoms with Gasteiger partial charge in [-0.1, -0.05) is 18.2 Å². The molecule has 1 unspecified atom stereocenters. The molecule has 0 saturated heterocycles. The Morgan fingerprint density at radius 3 is 2.48 bits per heavy atom. The Bertz CT molecular complexity index is 1000. The summed E-state index contributed by atoms with van der Waals surface area (Å²) in [5.74, 6) is -0.00762. The van der Waals surface area contributed by atoms with Crippen LogP contribution >= 0.6 is 0 Å². The Hall–Kier alpha value is -2.71. The number of Topliss-reactive ketones (excluding diaryl/α,β-unsaturated/α-hetero) is 1. The monoisotopic (exact) mass is 415 g/mol. The van der Waals surface area contributed by atoms with Crippen LogP contribution in [0.3, 0.4) is 0 Å². The third kappa shape index (κ3) is 5.42. The minimum Gasteiger partial charge on any atom is -0.308 e. The van der Waals surface area contributed by atoms with Crippen LogP contribution in [0.25, 0.3) is 0 Å². The molecule has 0 aliphatic carbocycles. The molecule has 0 spiro atoms. The van der Waals surface area contributed by atoms with Crippen molar-refractivity contribution >= 4 is 33.1 Å². The van der Waals surface area contributed by atoms with E-state index in [1.807, 2.05) is 36.1 Å². The van der Waals surface area contributed by atoms with Gasteiger partial charge in [-0.3, -0.25) is 14.3 Å². The summed E-state index contributed by atoms with van der Waals surface area (Å²) in [5.41, 5.74) is 3.01. The van der Waals surface area contributed by atoms with Gasteiger partial charge in [-0.2, -0.15) is 0 Å². The SMILES string of the molecule is CC(CNCC(=O)c1ccc(NS(C)(=O)=O)cc1)N1C(=O)CCc2ccccc21. The number of hydrogen-bond acceptors (Lipinski definition) is 5. The van der Waals surface area contributed by atoms with E-state index in [-0.39, 0.29) is 24.3 Å². The van der Waals surface area contributed by atoms with Gasteiger partial charge in [0.2, 0.25) is 15.9 Å². The fourth-order valence-electron chi connectivity index (χ4n) is 3.46. The topological polar surface area (TPSA) is 95.6 Å². The first-order valence-electron chi connectivity index (χ1n) is 9.46. The molecule has 0 saturated carbocycles. The number of ketones is 1. The van der Waals surface area contributed by atoms with Crippen molar-refractivity contribution in [3.63, 3.8) is 0 Å². The highest BCUT2D eigenvalue weighted by Crippen LogP contribution is 2.29. The number of sulfonamides is 1. The molecule has 3 rings (SSSR count). The van der Waals surface area contributed by atoms with Gasteiger partial charge in [0.05, 0.1) is 12.8 Å². The van der Waals surface area contributed by atoms with Crippen molar-refractivity contribution in [3.8, 4) is 0 Å². The van der Waals surface area contributed by atoms with Crippen molar-refractivity contribution in [2.45, 2.75) is 25.8 Å². The molecule has 1 aliphatic heterocycles. The minimum atomic E-state index is -3.35. The van der Waals surface area contributed by atoms with E-state index in [9.17, 15) is 18.0 Å². The predicted octanol–water partition coefficient (Wildman–Crippen LogP) is 2.20. The molecule has 0 fully saturated rings. The second kappa shape index (κ2) is 8.75. The Morgan fingerprint density at radius 2 is 1.79 bits per heavy atom. The number of nitrogens with one attached hydrogen (secondary N) is 2. The number of benzene rings is 2. The minimum absolute atomic E-state index is 0.0851. The Kier molecular flexibility index (Phi) is 6.34. The Morgan fingerprint density at radius 1 is 1.10 bits per heavy atom. The third-order valence-electron chi connectivity index (χ3n) is 4.80. The molecule has 1 atom stereocenters. The van der Waals surface area contributed by atoms with E-state index >= 15 is 0 Å². The summed E-state index contributed by atoms with van der Waals surface area (Å²) in [6, 6.07) is 14.1. The molecule has 0 radical (unpaired) electrons. The maximum atomic E-state index is 12.4. The van der Waals surface area contributed by atoms with E-state index in [1.54, 1.807) is 24.3 Å². The summed E-state index contributed by atoms with van der Waals surface area (Å²) < 4.78 is 24.8. The molecule has 0 aromatic heterocycles. The van der Waals surface area contributed by atoms with Crippen LogP contribution in [0.2, 0.25) is 0 Å². The zero-order valence-electron chi connectivity index (χ0n) is 16.5. The van der Waals surface area contributed by atoms with Crippen molar-refractivity contribution in [2.24, 2.45) is 0 Å². The number of anilines is 2. The van der Waals surface area contributed by atoms with Gasteiger partial charge in [0.1, 0.15) is 0 Å². The average Bonchev–Trinajstić information content (AvgIpc) is 2.67. The van der Waals surface area contributed by atoms with Crippen molar-refractivity contribution in [1.82, 2.24) is 5.32 Å². The summed E-state index contributed by atoms with van der Waals surface area (Å²) in [6.45, 7) is 2.58. The number of aryl methyl sites for hydroxylation is 1. The molecule has 154 valence electrons. The Labute approximate surface area is 171 Å². The summed E-state index contributed by atoms with van der Waals surface area (Å²) in [4.78, 5) is 26.6. The molecular formula is C21H25N3O4S. The number of hydrogen-bond donors (Lipinski definition) is 2. The van der Waals surface area contributed by atoms with E-state index in [1.165, 1.54) is 0 Å². The van der Waals surface area contributed by atoms with Crippen LogP contribution in [0.15, 0.2) is 48.5 Å². The van der Waals surface area contributed by atoms with Crippen LogP contribution in [0.1, 0.15) is 29.3 Å². The average molecular weight is 416 g/mol. The van der Waals surface area contributed by atoms with Crippen molar-refractivity contribution < 1.29 is 18.0 Å². The zero-order chi connectivity index (χ0) is 21.0. The van der Waals surface area contributed by atoms with Gasteiger partial charge in [-0.05, 0) is 49.2 Å². The standard InChI is InChI=1S/C21H25N3O4S/c1-15(24-19-6-4-3-5-16(19)9-12-21(24)26)13-22-14-20(25)17-7-10-18(11-8-17)23-29(2,27)28/h3-8,10-11,15,22-23H,9,12-14H2,1-2H3. The number of rotatable bonds is 8. The largest absolute Gasteiger partial charge is 0.308 e. The molecule has 2 N–H and O–H groups in total. The van der Waals surface area contributed by atoms with Crippen LogP contribution in [0.5, 0.6) is 0 Å². The van der Waals surface area contributed by atoms with Gasteiger partial charge in [0.25, 0.3) is 0 Å². The predicted molar refractivity (Wildman–Crippen MR) is 114 cm³/mol. The van der Waals surface area contributed by atoms with Crippen LogP contribution in [-0.2, 0) is 21.2 Å². The van der Waals surface area contributed by atoms with Gasteiger partial charge in [0.15, 0.2) is 5.78 Å². The number of carbonyl (C=O) groups is 2. The number of carbonyl (C=O) groups excluding carboxylic acids is 2. The van der Waals surface area contributed by atoms with E-state index in [4.69, 9.17) is 0 Å². The Balaban J connectivity index is 1.56. The van der Waals surface area contributed by atoms with E-state index in [0.29, 0.717) is 24.2 Å². The molecule has 2 aromatic rings. The maximum absolute atomic E-state index is 12.4. The van der Waals surface area contributed by atoms with Crippen molar-refractivity contribution in [1.29, 1.82) is 0 Å². The third-order valence-corrected chi connectivity index (χ3v) is 5.41. The van der Waals surface area contributed by atoms with Gasteiger partial charge in [-0.25, -0.2) is 8.42 Å². The fourth-order valence-corrected chi connectivity index (χ4v) is 4.03. The van der Waals surface area contributed by atoms with Crippen molar-refractivity contribution in [2.75, 3.05) is 29.0 Å². The first-order valence-corrected chi connectivity index (χ1v) is 11.4. The summed E-state index contributed by atoms with van der Waals surface area (Å²) in [7, 11) is -3.35. The summed E-state index contributed by atoms with van der Waals surface area (Å²) >= 11 is 0. The second-order valence-corrected chi connectivity index (χ2v) is 9.00. The number of fused-ring (bicyclic) bond motifs is 1. The highest BCUT2D eigenvalue weighted by Gasteiger charge is 2.27. The quantitative estimate of drug-likeness (QED) is 0.645. The molecule has 7 nitrogen and oxygen atoms in total. The molecule has 29 heavy (non-hydrogen) atoms. The normalized spacial score (nSPS) is 15.0. The molecular weight excluding hydrogens is 390 g/mol. The van der Waals surface area contributed by atoms with Gasteiger partial charge in [0, 0.05) is 35.9 Å². The molecule has 0 bridgehead atoms. The summed E-state index contributed by atoms with van der Waals surface area (Å²) in [5, 5.41) is 3.13. The first-order chi connectivity index (χ1) is 13.7. The van der Waals surface area contributed by atoms with Gasteiger partial charge < -0.3 is 10.2 Å². The number of amides is 1. The second-order valence-electron chi connectivity index (χ2n) is 7.25. The van der Waals surface area contributed by atoms with Crippen LogP contribution in [-0.4, -0.2) is 45.5 Å². The lowest BCUT2D eigenvalue weighted by Crippen LogP contribution is -2.47. The highest BCUT2D eigenvalue weighted by molar-refractivity contribution is 7.92. The van der Waals surface area contributed by atoms with E-state index in [0.717, 1.165) is 23.9 Å². The highest BCUT2D eigenvalue weighted by atomic mass is 32.2. The van der Waals surface area contributed by atoms with Crippen LogP contribution < -0.4 is 14.9 Å². The number of para-hydroxylation sites is 1. The smallest absolute Gasteiger partial charge is 0.229 e. The molecule has 8 heteroatoms. The summed E-state index contributed by atoms with van der Waals surface area (Å²) in [6.07, 6.45) is 2.32. The lowest BCUT2D eigenvalue weighted by Gasteiger charge is -2.34. The number of nitrogens with zero attached hydrogens (tertiary/aromatic N) is 1. The molecule has 1 heterocycles. The van der Waals surface area contributed by atoms with Crippen LogP contribution in [0, 0.1) is 0 Å². The lowest BCUT2D eigenvalue weighted by molar-refractivity contribution is -0.119. The lowest BCUT2D eigenvalue weighted by atomic mass is 9.99. The molecule has 1 aliphatic rings. The first kappa shape index (κ1) is 21.0. The van der Waals surface area contributed by atoms with Crippen molar-refractivity contribution in [3.05, 3.63) is 59.7 Å². The van der Waals surface area contributed by atoms with Crippen LogP contribution in [0.4, 0.5) is 11.4 Å². The van der Waals surface area contributed by atoms with E-state index < -0.39 is 10.0 Å². The maximum Gasteiger partial charge on any atom is 0.229 e. The van der Waals surface area contributed by atoms with Gasteiger partial charge in [-0.15, -0.1) is 0 Å². The van der Waals surface area contributed by atoms with E-state index in [2.05, 4.69) is 10.0 Å². The van der Waals surface area contributed by atoms with Gasteiger partial charge >= 0.3 is 0 Å². The zero-order valence-corrected chi connectivity index (χ0v) is 17.3.